The molecule has 35 heavy (non-hydrogen) atoms. The lowest BCUT2D eigenvalue weighted by Gasteiger charge is -2.16. The van der Waals surface area contributed by atoms with Crippen LogP contribution in [0.5, 0.6) is 5.75 Å². The first-order valence-corrected chi connectivity index (χ1v) is 12.0. The number of carbonyl (C=O) groups is 3. The Labute approximate surface area is 213 Å². The van der Waals surface area contributed by atoms with Gasteiger partial charge in [-0.25, -0.2) is 4.79 Å². The molecule has 0 radical (unpaired) electrons. The minimum Gasteiger partial charge on any atom is -0.494 e. The first-order chi connectivity index (χ1) is 16.8. The summed E-state index contributed by atoms with van der Waals surface area (Å²) in [5.41, 5.74) is 0.772. The zero-order valence-electron chi connectivity index (χ0n) is 19.3. The van der Waals surface area contributed by atoms with Gasteiger partial charge in [0.2, 0.25) is 5.91 Å². The molecule has 1 atom stereocenters. The van der Waals surface area contributed by atoms with Crippen molar-refractivity contribution in [1.29, 1.82) is 0 Å². The Morgan fingerprint density at radius 3 is 2.40 bits per heavy atom. The van der Waals surface area contributed by atoms with Gasteiger partial charge in [-0.1, -0.05) is 41.4 Å². The van der Waals surface area contributed by atoms with Gasteiger partial charge in [0.15, 0.2) is 0 Å². The molecule has 0 bridgehead atoms. The van der Waals surface area contributed by atoms with Crippen LogP contribution in [0.2, 0.25) is 10.0 Å². The monoisotopic (exact) mass is 519 g/mol. The number of ether oxygens (including phenoxy) is 1. The summed E-state index contributed by atoms with van der Waals surface area (Å²) in [5, 5.41) is 12.4. The fourth-order valence-electron chi connectivity index (χ4n) is 3.62. The number of carboxylic acids is 1. The summed E-state index contributed by atoms with van der Waals surface area (Å²) in [4.78, 5) is 41.6. The number of benzene rings is 2. The van der Waals surface area contributed by atoms with Gasteiger partial charge in [-0.3, -0.25) is 14.6 Å². The Hall–Kier alpha value is -3.10. The minimum atomic E-state index is -1.17. The summed E-state index contributed by atoms with van der Waals surface area (Å²) in [6.07, 6.45) is 3.62. The van der Waals surface area contributed by atoms with Crippen LogP contribution in [0.15, 0.2) is 47.5 Å². The number of rotatable bonds is 12. The Kier molecular flexibility index (Phi) is 9.51. The largest absolute Gasteiger partial charge is 0.494 e. The van der Waals surface area contributed by atoms with Crippen LogP contribution in [0, 0.1) is 0 Å². The third kappa shape index (κ3) is 7.44. The number of aliphatic carboxylic acids is 1. The number of hydrogen-bond donors (Lipinski definition) is 2. The topological polar surface area (TPSA) is 108 Å². The second kappa shape index (κ2) is 12.6. The van der Waals surface area contributed by atoms with Crippen molar-refractivity contribution < 1.29 is 24.2 Å². The molecular formula is C25H27Cl2N3O5. The Morgan fingerprint density at radius 2 is 1.80 bits per heavy atom. The maximum Gasteiger partial charge on any atom is 0.326 e. The van der Waals surface area contributed by atoms with Gasteiger partial charge in [0.25, 0.3) is 5.91 Å². The molecule has 1 aliphatic rings. The molecule has 2 aromatic carbocycles. The predicted molar refractivity (Wildman–Crippen MR) is 135 cm³/mol. The second-order valence-electron chi connectivity index (χ2n) is 8.15. The van der Waals surface area contributed by atoms with Crippen molar-refractivity contribution in [3.8, 4) is 5.75 Å². The molecule has 0 spiro atoms. The van der Waals surface area contributed by atoms with Crippen molar-refractivity contribution in [3.05, 3.63) is 63.6 Å². The van der Waals surface area contributed by atoms with Gasteiger partial charge in [0, 0.05) is 19.9 Å². The Morgan fingerprint density at radius 1 is 1.11 bits per heavy atom. The van der Waals surface area contributed by atoms with Gasteiger partial charge < -0.3 is 20.1 Å². The summed E-state index contributed by atoms with van der Waals surface area (Å²) < 4.78 is 5.76. The Bertz CT molecular complexity index is 1080. The van der Waals surface area contributed by atoms with E-state index in [9.17, 15) is 19.5 Å². The lowest BCUT2D eigenvalue weighted by molar-refractivity contribution is -0.139. The van der Waals surface area contributed by atoms with Crippen LogP contribution in [-0.4, -0.2) is 59.9 Å². The van der Waals surface area contributed by atoms with Gasteiger partial charge in [0.05, 0.1) is 22.2 Å². The minimum absolute atomic E-state index is 0.0359. The molecule has 2 N–H and O–H groups in total. The third-order valence-electron chi connectivity index (χ3n) is 5.63. The van der Waals surface area contributed by atoms with Crippen molar-refractivity contribution >= 4 is 46.8 Å². The Balaban J connectivity index is 1.43. The molecule has 2 aromatic rings. The molecule has 0 aromatic heterocycles. The predicted octanol–water partition coefficient (Wildman–Crippen LogP) is 4.23. The van der Waals surface area contributed by atoms with E-state index in [0.29, 0.717) is 12.4 Å². The molecule has 186 valence electrons. The van der Waals surface area contributed by atoms with Gasteiger partial charge in [-0.05, 0) is 49.1 Å². The van der Waals surface area contributed by atoms with E-state index in [1.807, 2.05) is 0 Å². The number of carboxylic acid groups (broad SMARTS) is 1. The first kappa shape index (κ1) is 26.5. The number of amides is 2. The summed E-state index contributed by atoms with van der Waals surface area (Å²) in [5.74, 6) is -0.253. The molecule has 10 heteroatoms. The molecule has 0 saturated carbocycles. The van der Waals surface area contributed by atoms with Gasteiger partial charge >= 0.3 is 5.97 Å². The van der Waals surface area contributed by atoms with Crippen molar-refractivity contribution in [1.82, 2.24) is 10.2 Å². The highest BCUT2D eigenvalue weighted by Crippen LogP contribution is 2.24. The number of nitrogens with one attached hydrogen (secondary N) is 1. The molecule has 3 rings (SSSR count). The number of hydrogen-bond acceptors (Lipinski definition) is 5. The maximum absolute atomic E-state index is 12.6. The van der Waals surface area contributed by atoms with Crippen LogP contribution >= 0.6 is 23.2 Å². The fraction of sp³-hybridized carbons (Fsp3) is 0.360. The lowest BCUT2D eigenvalue weighted by Crippen LogP contribution is -2.42. The van der Waals surface area contributed by atoms with E-state index in [2.05, 4.69) is 10.3 Å². The molecule has 0 fully saturated rings. The van der Waals surface area contributed by atoms with Crippen LogP contribution in [-0.2, 0) is 16.0 Å². The lowest BCUT2D eigenvalue weighted by atomic mass is 10.1. The smallest absolute Gasteiger partial charge is 0.326 e. The van der Waals surface area contributed by atoms with Crippen LogP contribution in [0.25, 0.3) is 0 Å². The van der Waals surface area contributed by atoms with Crippen molar-refractivity contribution in [2.24, 2.45) is 4.99 Å². The number of halogens is 2. The summed E-state index contributed by atoms with van der Waals surface area (Å²) >= 11 is 12.1. The normalized spacial score (nSPS) is 14.0. The highest BCUT2D eigenvalue weighted by molar-refractivity contribution is 6.39. The number of unbranched alkanes of at least 4 members (excludes halogenated alkanes) is 2. The van der Waals surface area contributed by atoms with E-state index in [1.54, 1.807) is 42.3 Å². The molecule has 1 unspecified atom stereocenters. The summed E-state index contributed by atoms with van der Waals surface area (Å²) in [6.45, 7) is 0.799. The number of carbonyl (C=O) groups excluding carboxylic acids is 2. The van der Waals surface area contributed by atoms with Gasteiger partial charge in [0.1, 0.15) is 24.2 Å². The standard InChI is InChI=1S/C25H27Cl2N3O5/c1-30-21(28-15-22(30)31)8-3-2-4-13-35-17-11-9-16(10-12-17)14-20(25(33)34)29-24(32)23-18(26)6-5-7-19(23)27/h5-7,9-12,20H,2-4,8,13-15H2,1H3,(H,29,32)(H,33,34). The number of aliphatic imine (C=N–C) groups is 1. The molecule has 1 heterocycles. The van der Waals surface area contributed by atoms with Crippen molar-refractivity contribution in [2.45, 2.75) is 38.1 Å². The van der Waals surface area contributed by atoms with Crippen LogP contribution in [0.4, 0.5) is 0 Å². The highest BCUT2D eigenvalue weighted by Gasteiger charge is 2.24. The molecule has 2 amide bonds. The highest BCUT2D eigenvalue weighted by atomic mass is 35.5. The number of likely N-dealkylation sites (N-methyl/N-ethyl adjacent to an activating group) is 1. The third-order valence-corrected chi connectivity index (χ3v) is 6.26. The average molecular weight is 520 g/mol. The van der Waals surface area contributed by atoms with E-state index < -0.39 is 17.9 Å². The van der Waals surface area contributed by atoms with E-state index in [0.717, 1.165) is 37.1 Å². The first-order valence-electron chi connectivity index (χ1n) is 11.3. The molecule has 8 nitrogen and oxygen atoms in total. The van der Waals surface area contributed by atoms with Crippen LogP contribution in [0.1, 0.15) is 41.6 Å². The van der Waals surface area contributed by atoms with Crippen LogP contribution < -0.4 is 10.1 Å². The van der Waals surface area contributed by atoms with E-state index in [1.165, 1.54) is 12.1 Å². The summed E-state index contributed by atoms with van der Waals surface area (Å²) in [7, 11) is 1.75. The second-order valence-corrected chi connectivity index (χ2v) is 8.97. The average Bonchev–Trinajstić information content (AvgIpc) is 3.14. The quantitative estimate of drug-likeness (QED) is 0.408. The summed E-state index contributed by atoms with van der Waals surface area (Å²) in [6, 6.07) is 10.6. The van der Waals surface area contributed by atoms with E-state index >= 15 is 0 Å². The SMILES string of the molecule is CN1C(=O)CN=C1CCCCCOc1ccc(CC(NC(=O)c2c(Cl)cccc2Cl)C(=O)O)cc1. The zero-order chi connectivity index (χ0) is 25.4. The molecule has 0 saturated heterocycles. The van der Waals surface area contributed by atoms with Crippen LogP contribution in [0.3, 0.4) is 0 Å². The fourth-order valence-corrected chi connectivity index (χ4v) is 4.19. The molecule has 0 aliphatic carbocycles. The zero-order valence-corrected chi connectivity index (χ0v) is 20.8. The molecular weight excluding hydrogens is 493 g/mol. The van der Waals surface area contributed by atoms with Gasteiger partial charge in [-0.2, -0.15) is 0 Å². The molecule has 1 aliphatic heterocycles. The van der Waals surface area contributed by atoms with E-state index in [4.69, 9.17) is 27.9 Å². The van der Waals surface area contributed by atoms with E-state index in [-0.39, 0.29) is 34.5 Å². The van der Waals surface area contributed by atoms with Crippen molar-refractivity contribution in [3.63, 3.8) is 0 Å². The maximum atomic E-state index is 12.6. The van der Waals surface area contributed by atoms with Gasteiger partial charge in [-0.15, -0.1) is 0 Å². The number of nitrogens with zero attached hydrogens (tertiary/aromatic N) is 2. The number of amidine groups is 1. The van der Waals surface area contributed by atoms with Crippen molar-refractivity contribution in [2.75, 3.05) is 20.2 Å².